The molecular weight excluding hydrogens is 468 g/mol. The van der Waals surface area contributed by atoms with Gasteiger partial charge in [0, 0.05) is 54.7 Å². The second-order valence-electron chi connectivity index (χ2n) is 9.02. The number of hydrazine groups is 1. The lowest BCUT2D eigenvalue weighted by Crippen LogP contribution is -2.43. The molecular formula is C24H27F2N9O. The lowest BCUT2D eigenvalue weighted by atomic mass is 9.90. The van der Waals surface area contributed by atoms with Gasteiger partial charge in [0.1, 0.15) is 28.8 Å². The number of H-pyrrole nitrogens is 1. The fourth-order valence-electron chi connectivity index (χ4n) is 4.78. The van der Waals surface area contributed by atoms with Crippen LogP contribution in [0.1, 0.15) is 25.7 Å². The van der Waals surface area contributed by atoms with Crippen molar-refractivity contribution >= 4 is 33.7 Å². The Kier molecular flexibility index (Phi) is 6.18. The molecule has 8 N–H and O–H groups in total. The highest BCUT2D eigenvalue weighted by Gasteiger charge is 2.25. The lowest BCUT2D eigenvalue weighted by molar-refractivity contribution is -0.118. The van der Waals surface area contributed by atoms with E-state index < -0.39 is 11.6 Å². The second-order valence-corrected chi connectivity index (χ2v) is 9.02. The molecule has 0 aliphatic heterocycles. The predicted molar refractivity (Wildman–Crippen MR) is 133 cm³/mol. The fourth-order valence-corrected chi connectivity index (χ4v) is 4.78. The molecule has 0 radical (unpaired) electrons. The third-order valence-corrected chi connectivity index (χ3v) is 6.52. The molecule has 36 heavy (non-hydrogen) atoms. The molecule has 0 bridgehead atoms. The topological polar surface area (TPSA) is 152 Å². The molecule has 2 atom stereocenters. The number of nitrogens with zero attached hydrogens (tertiary/aromatic N) is 3. The summed E-state index contributed by atoms with van der Waals surface area (Å²) in [5, 5.41) is 7.65. The van der Waals surface area contributed by atoms with Crippen LogP contribution >= 0.6 is 0 Å². The van der Waals surface area contributed by atoms with Crippen LogP contribution in [0.25, 0.3) is 33.3 Å². The molecule has 1 amide bonds. The maximum Gasteiger partial charge on any atom is 0.268 e. The molecule has 1 aliphatic carbocycles. The Morgan fingerprint density at radius 3 is 2.83 bits per heavy atom. The van der Waals surface area contributed by atoms with Crippen LogP contribution in [0.3, 0.4) is 0 Å². The number of anilines is 1. The first-order chi connectivity index (χ1) is 17.3. The number of hydrogen-bond donors (Lipinski definition) is 6. The van der Waals surface area contributed by atoms with Crippen molar-refractivity contribution in [1.82, 2.24) is 30.3 Å². The van der Waals surface area contributed by atoms with Crippen molar-refractivity contribution in [1.29, 1.82) is 0 Å². The number of fused-ring (bicyclic) bond motifs is 2. The first-order valence-corrected chi connectivity index (χ1v) is 11.6. The molecule has 1 aliphatic rings. The average molecular weight is 496 g/mol. The number of nitrogens with two attached hydrogens (primary N) is 2. The maximum absolute atomic E-state index is 14.3. The molecule has 5 rings (SSSR count). The van der Waals surface area contributed by atoms with Gasteiger partial charge in [-0.2, -0.15) is 0 Å². The Hall–Kier alpha value is -4.19. The van der Waals surface area contributed by atoms with Crippen LogP contribution in [-0.4, -0.2) is 37.5 Å². The standard InChI is InChI=1S/C24H27F2N9O/c1-35-6-5-15-21(31-13-3-2-4-14(9-13)32-24(36)19(27)11-30-28)33-22(34-23(15)35)17-10-29-20-16(17)7-12(25)8-18(20)26/h5-8,10-11,13-14,29-30H,2-4,9,27-28H2,1H3,(H,32,36)(H,31,33,34)/b19-11-. The lowest BCUT2D eigenvalue weighted by Gasteiger charge is -2.31. The van der Waals surface area contributed by atoms with E-state index in [1.165, 1.54) is 12.3 Å². The highest BCUT2D eigenvalue weighted by Crippen LogP contribution is 2.33. The highest BCUT2D eigenvalue weighted by molar-refractivity contribution is 5.97. The van der Waals surface area contributed by atoms with E-state index >= 15 is 0 Å². The number of aromatic amines is 1. The van der Waals surface area contributed by atoms with E-state index in [0.717, 1.165) is 30.7 Å². The molecule has 12 heteroatoms. The summed E-state index contributed by atoms with van der Waals surface area (Å²) in [6, 6.07) is 3.99. The monoisotopic (exact) mass is 495 g/mol. The van der Waals surface area contributed by atoms with Crippen LogP contribution in [0.4, 0.5) is 14.6 Å². The zero-order chi connectivity index (χ0) is 25.4. The largest absolute Gasteiger partial charge is 0.393 e. The van der Waals surface area contributed by atoms with Crippen LogP contribution in [-0.2, 0) is 11.8 Å². The van der Waals surface area contributed by atoms with Gasteiger partial charge in [-0.1, -0.05) is 0 Å². The summed E-state index contributed by atoms with van der Waals surface area (Å²) in [5.41, 5.74) is 9.35. The fraction of sp³-hybridized carbons (Fsp3) is 0.292. The summed E-state index contributed by atoms with van der Waals surface area (Å²) in [6.07, 6.45) is 8.00. The molecule has 188 valence electrons. The number of aryl methyl sites for hydroxylation is 1. The van der Waals surface area contributed by atoms with E-state index in [-0.39, 0.29) is 29.2 Å². The number of rotatable bonds is 6. The number of benzene rings is 1. The van der Waals surface area contributed by atoms with Crippen molar-refractivity contribution < 1.29 is 13.6 Å². The van der Waals surface area contributed by atoms with Gasteiger partial charge < -0.3 is 31.3 Å². The molecule has 3 heterocycles. The normalized spacial score (nSPS) is 18.5. The Labute approximate surface area is 205 Å². The van der Waals surface area contributed by atoms with Gasteiger partial charge in [0.25, 0.3) is 5.91 Å². The summed E-state index contributed by atoms with van der Waals surface area (Å²) in [5.74, 6) is 4.42. The first kappa shape index (κ1) is 23.5. The van der Waals surface area contributed by atoms with Crippen LogP contribution in [0.5, 0.6) is 0 Å². The summed E-state index contributed by atoms with van der Waals surface area (Å²) in [7, 11) is 1.87. The van der Waals surface area contributed by atoms with Crippen LogP contribution in [0.15, 0.2) is 42.5 Å². The van der Waals surface area contributed by atoms with E-state index in [1.54, 1.807) is 6.20 Å². The number of amides is 1. The zero-order valence-corrected chi connectivity index (χ0v) is 19.6. The molecule has 10 nitrogen and oxygen atoms in total. The zero-order valence-electron chi connectivity index (χ0n) is 19.6. The highest BCUT2D eigenvalue weighted by atomic mass is 19.1. The third-order valence-electron chi connectivity index (χ3n) is 6.52. The molecule has 1 fully saturated rings. The van der Waals surface area contributed by atoms with Gasteiger partial charge in [-0.3, -0.25) is 10.6 Å². The minimum atomic E-state index is -0.678. The molecule has 1 saturated carbocycles. The summed E-state index contributed by atoms with van der Waals surface area (Å²) < 4.78 is 30.1. The van der Waals surface area contributed by atoms with Gasteiger partial charge in [-0.15, -0.1) is 0 Å². The van der Waals surface area contributed by atoms with E-state index in [4.69, 9.17) is 16.6 Å². The van der Waals surface area contributed by atoms with E-state index in [0.29, 0.717) is 34.7 Å². The molecule has 1 aromatic carbocycles. The number of hydrogen-bond acceptors (Lipinski definition) is 7. The Bertz CT molecular complexity index is 1480. The van der Waals surface area contributed by atoms with Crippen molar-refractivity contribution in [3.63, 3.8) is 0 Å². The number of halogens is 2. The number of carbonyl (C=O) groups is 1. The van der Waals surface area contributed by atoms with Gasteiger partial charge in [0.2, 0.25) is 0 Å². The Morgan fingerprint density at radius 1 is 1.22 bits per heavy atom. The molecule has 0 spiro atoms. The van der Waals surface area contributed by atoms with Crippen molar-refractivity contribution in [2.24, 2.45) is 18.6 Å². The van der Waals surface area contributed by atoms with Gasteiger partial charge >= 0.3 is 0 Å². The van der Waals surface area contributed by atoms with E-state index in [2.05, 4.69) is 26.0 Å². The van der Waals surface area contributed by atoms with Crippen LogP contribution in [0, 0.1) is 11.6 Å². The quantitative estimate of drug-likeness (QED) is 0.137. The third kappa shape index (κ3) is 4.42. The summed E-state index contributed by atoms with van der Waals surface area (Å²) >= 11 is 0. The smallest absolute Gasteiger partial charge is 0.268 e. The van der Waals surface area contributed by atoms with Gasteiger partial charge in [0.05, 0.1) is 10.9 Å². The van der Waals surface area contributed by atoms with Crippen molar-refractivity contribution in [2.45, 2.75) is 37.8 Å². The Morgan fingerprint density at radius 2 is 2.03 bits per heavy atom. The van der Waals surface area contributed by atoms with E-state index in [9.17, 15) is 13.6 Å². The van der Waals surface area contributed by atoms with Gasteiger partial charge in [-0.05, 0) is 37.8 Å². The number of carbonyl (C=O) groups excluding carboxylic acids is 1. The van der Waals surface area contributed by atoms with Crippen molar-refractivity contribution in [2.75, 3.05) is 5.32 Å². The van der Waals surface area contributed by atoms with Crippen molar-refractivity contribution in [3.8, 4) is 11.4 Å². The summed E-state index contributed by atoms with van der Waals surface area (Å²) in [4.78, 5) is 24.6. The summed E-state index contributed by atoms with van der Waals surface area (Å²) in [6.45, 7) is 0. The van der Waals surface area contributed by atoms with Gasteiger partial charge in [0.15, 0.2) is 5.82 Å². The van der Waals surface area contributed by atoms with Gasteiger partial charge in [-0.25, -0.2) is 18.7 Å². The van der Waals surface area contributed by atoms with Crippen LogP contribution in [0.2, 0.25) is 0 Å². The number of nitrogens with one attached hydrogen (secondary N) is 4. The average Bonchev–Trinajstić information content (AvgIpc) is 3.43. The maximum atomic E-state index is 14.3. The molecule has 0 saturated heterocycles. The first-order valence-electron chi connectivity index (χ1n) is 11.6. The SMILES string of the molecule is Cn1ccc2c(NC3CCCC(NC(=O)/C(N)=C/NN)C3)nc(-c3c[nH]c4c(F)cc(F)cc34)nc21. The minimum Gasteiger partial charge on any atom is -0.393 e. The minimum absolute atomic E-state index is 0.00521. The molecule has 3 aromatic heterocycles. The van der Waals surface area contributed by atoms with Crippen molar-refractivity contribution in [3.05, 3.63) is 54.1 Å². The molecule has 2 unspecified atom stereocenters. The predicted octanol–water partition coefficient (Wildman–Crippen LogP) is 2.50. The second kappa shape index (κ2) is 9.46. The Balaban J connectivity index is 1.45. The van der Waals surface area contributed by atoms with E-state index in [1.807, 2.05) is 23.9 Å². The van der Waals surface area contributed by atoms with Crippen LogP contribution < -0.4 is 27.6 Å². The molecule has 4 aromatic rings. The number of aromatic nitrogens is 4.